The van der Waals surface area contributed by atoms with Gasteiger partial charge in [0.1, 0.15) is 0 Å². The van der Waals surface area contributed by atoms with Crippen molar-refractivity contribution in [1.29, 1.82) is 0 Å². The van der Waals surface area contributed by atoms with E-state index in [2.05, 4.69) is 39.8 Å². The van der Waals surface area contributed by atoms with Crippen molar-refractivity contribution in [2.24, 2.45) is 5.41 Å². The smallest absolute Gasteiger partial charge is 0.169 e. The molecule has 1 fully saturated rings. The number of benzene rings is 1. The second-order valence-electron chi connectivity index (χ2n) is 6.45. The van der Waals surface area contributed by atoms with Gasteiger partial charge in [0.15, 0.2) is 5.78 Å². The molecular formula is C19H28O. The molecule has 1 aliphatic rings. The van der Waals surface area contributed by atoms with E-state index in [4.69, 9.17) is 0 Å². The Bertz CT molecular complexity index is 467. The van der Waals surface area contributed by atoms with E-state index >= 15 is 0 Å². The fourth-order valence-corrected chi connectivity index (χ4v) is 3.58. The van der Waals surface area contributed by atoms with Gasteiger partial charge in [0.05, 0.1) is 0 Å². The number of hydrogen-bond acceptors (Lipinski definition) is 1. The van der Waals surface area contributed by atoms with Crippen LogP contribution in [-0.4, -0.2) is 5.78 Å². The average Bonchev–Trinajstić information content (AvgIpc) is 2.92. The number of carbonyl (C=O) groups is 1. The van der Waals surface area contributed by atoms with E-state index in [9.17, 15) is 4.79 Å². The standard InChI is InChI=1S/C19H28O/c1-5-14-12-15(6-2)17(16(7-3)13-14)18(20)19(4)10-8-9-11-19/h12-13H,5-11H2,1-4H3. The molecule has 0 aromatic heterocycles. The van der Waals surface area contributed by atoms with Crippen molar-refractivity contribution in [1.82, 2.24) is 0 Å². The van der Waals surface area contributed by atoms with Crippen LogP contribution in [0.25, 0.3) is 0 Å². The maximum Gasteiger partial charge on any atom is 0.169 e. The Kier molecular flexibility index (Phi) is 4.67. The zero-order chi connectivity index (χ0) is 14.8. The van der Waals surface area contributed by atoms with Crippen LogP contribution in [0.15, 0.2) is 12.1 Å². The molecule has 0 bridgehead atoms. The molecule has 1 aromatic carbocycles. The van der Waals surface area contributed by atoms with Crippen LogP contribution in [0, 0.1) is 5.41 Å². The van der Waals surface area contributed by atoms with Crippen molar-refractivity contribution in [3.63, 3.8) is 0 Å². The van der Waals surface area contributed by atoms with Crippen LogP contribution in [0.3, 0.4) is 0 Å². The molecule has 0 spiro atoms. The Hall–Kier alpha value is -1.11. The Morgan fingerprint density at radius 2 is 1.50 bits per heavy atom. The summed E-state index contributed by atoms with van der Waals surface area (Å²) in [5.74, 6) is 0.409. The van der Waals surface area contributed by atoms with Crippen molar-refractivity contribution < 1.29 is 4.79 Å². The summed E-state index contributed by atoms with van der Waals surface area (Å²) in [7, 11) is 0. The number of aryl methyl sites for hydroxylation is 3. The monoisotopic (exact) mass is 272 g/mol. The largest absolute Gasteiger partial charge is 0.294 e. The first kappa shape index (κ1) is 15.3. The second-order valence-corrected chi connectivity index (χ2v) is 6.45. The van der Waals surface area contributed by atoms with Gasteiger partial charge in [-0.3, -0.25) is 4.79 Å². The topological polar surface area (TPSA) is 17.1 Å². The zero-order valence-electron chi connectivity index (χ0n) is 13.5. The molecule has 0 radical (unpaired) electrons. The van der Waals surface area contributed by atoms with E-state index in [0.29, 0.717) is 5.78 Å². The number of ketones is 1. The van der Waals surface area contributed by atoms with Crippen LogP contribution < -0.4 is 0 Å². The molecule has 1 nitrogen and oxygen atoms in total. The second kappa shape index (κ2) is 6.11. The number of hydrogen-bond donors (Lipinski definition) is 0. The van der Waals surface area contributed by atoms with Gasteiger partial charge in [0.2, 0.25) is 0 Å². The summed E-state index contributed by atoms with van der Waals surface area (Å²) in [6, 6.07) is 4.51. The molecule has 0 saturated heterocycles. The van der Waals surface area contributed by atoms with Gasteiger partial charge in [-0.15, -0.1) is 0 Å². The van der Waals surface area contributed by atoms with E-state index in [1.54, 1.807) is 0 Å². The lowest BCUT2D eigenvalue weighted by Crippen LogP contribution is -2.26. The molecule has 20 heavy (non-hydrogen) atoms. The van der Waals surface area contributed by atoms with Gasteiger partial charge in [-0.1, -0.05) is 52.7 Å². The van der Waals surface area contributed by atoms with Crippen molar-refractivity contribution >= 4 is 5.78 Å². The van der Waals surface area contributed by atoms with Gasteiger partial charge in [0, 0.05) is 11.0 Å². The van der Waals surface area contributed by atoms with Crippen LogP contribution >= 0.6 is 0 Å². The molecule has 1 aliphatic carbocycles. The first-order valence-corrected chi connectivity index (χ1v) is 8.25. The van der Waals surface area contributed by atoms with Gasteiger partial charge in [-0.05, 0) is 48.8 Å². The van der Waals surface area contributed by atoms with Crippen molar-refractivity contribution in [3.05, 3.63) is 34.4 Å². The van der Waals surface area contributed by atoms with Crippen molar-refractivity contribution in [2.45, 2.75) is 72.6 Å². The summed E-state index contributed by atoms with van der Waals surface area (Å²) in [5.41, 5.74) is 4.84. The van der Waals surface area contributed by atoms with Crippen molar-refractivity contribution in [2.75, 3.05) is 0 Å². The molecule has 0 N–H and O–H groups in total. The normalized spacial score (nSPS) is 17.4. The fraction of sp³-hybridized carbons (Fsp3) is 0.632. The molecule has 1 heteroatoms. The summed E-state index contributed by atoms with van der Waals surface area (Å²) in [6.07, 6.45) is 7.50. The molecule has 110 valence electrons. The molecule has 0 amide bonds. The molecule has 0 unspecified atom stereocenters. The highest BCUT2D eigenvalue weighted by molar-refractivity contribution is 6.03. The molecular weight excluding hydrogens is 244 g/mol. The zero-order valence-corrected chi connectivity index (χ0v) is 13.5. The van der Waals surface area contributed by atoms with E-state index in [0.717, 1.165) is 37.7 Å². The Morgan fingerprint density at radius 3 is 1.90 bits per heavy atom. The van der Waals surface area contributed by atoms with E-state index in [-0.39, 0.29) is 5.41 Å². The summed E-state index contributed by atoms with van der Waals surface area (Å²) >= 11 is 0. The maximum absolute atomic E-state index is 13.1. The van der Waals surface area contributed by atoms with Crippen LogP contribution in [0.1, 0.15) is 80.4 Å². The third-order valence-electron chi connectivity index (χ3n) is 5.01. The molecule has 0 heterocycles. The predicted octanol–water partition coefficient (Wildman–Crippen LogP) is 5.14. The van der Waals surface area contributed by atoms with Gasteiger partial charge in [-0.25, -0.2) is 0 Å². The molecule has 1 aromatic rings. The SMILES string of the molecule is CCc1cc(CC)c(C(=O)C2(C)CCCC2)c(CC)c1. The van der Waals surface area contributed by atoms with Crippen LogP contribution in [0.5, 0.6) is 0 Å². The number of Topliss-reactive ketones (excluding diaryl/α,β-unsaturated/α-hetero) is 1. The van der Waals surface area contributed by atoms with Gasteiger partial charge in [0.25, 0.3) is 0 Å². The van der Waals surface area contributed by atoms with E-state index in [1.165, 1.54) is 29.5 Å². The minimum atomic E-state index is -0.110. The van der Waals surface area contributed by atoms with E-state index in [1.807, 2.05) is 0 Å². The third-order valence-corrected chi connectivity index (χ3v) is 5.01. The predicted molar refractivity (Wildman–Crippen MR) is 85.5 cm³/mol. The highest BCUT2D eigenvalue weighted by Crippen LogP contribution is 2.41. The van der Waals surface area contributed by atoms with Crippen LogP contribution in [0.2, 0.25) is 0 Å². The molecule has 1 saturated carbocycles. The summed E-state index contributed by atoms with van der Waals surface area (Å²) in [6.45, 7) is 8.70. The fourth-order valence-electron chi connectivity index (χ4n) is 3.58. The molecule has 2 rings (SSSR count). The number of carbonyl (C=O) groups excluding carboxylic acids is 1. The van der Waals surface area contributed by atoms with E-state index < -0.39 is 0 Å². The van der Waals surface area contributed by atoms with Gasteiger partial charge >= 0.3 is 0 Å². The quantitative estimate of drug-likeness (QED) is 0.678. The lowest BCUT2D eigenvalue weighted by atomic mass is 9.77. The lowest BCUT2D eigenvalue weighted by molar-refractivity contribution is 0.0821. The Morgan fingerprint density at radius 1 is 1.00 bits per heavy atom. The maximum atomic E-state index is 13.1. The first-order valence-electron chi connectivity index (χ1n) is 8.25. The minimum absolute atomic E-state index is 0.110. The Labute approximate surface area is 123 Å². The Balaban J connectivity index is 2.51. The van der Waals surface area contributed by atoms with Crippen LogP contribution in [-0.2, 0) is 19.3 Å². The highest BCUT2D eigenvalue weighted by Gasteiger charge is 2.38. The number of rotatable bonds is 5. The third kappa shape index (κ3) is 2.68. The molecule has 0 atom stereocenters. The summed E-state index contributed by atoms with van der Waals surface area (Å²) in [4.78, 5) is 13.1. The van der Waals surface area contributed by atoms with Crippen molar-refractivity contribution in [3.8, 4) is 0 Å². The highest BCUT2D eigenvalue weighted by atomic mass is 16.1. The molecule has 0 aliphatic heterocycles. The average molecular weight is 272 g/mol. The van der Waals surface area contributed by atoms with Gasteiger partial charge in [-0.2, -0.15) is 0 Å². The first-order chi connectivity index (χ1) is 9.55. The van der Waals surface area contributed by atoms with Gasteiger partial charge < -0.3 is 0 Å². The minimum Gasteiger partial charge on any atom is -0.294 e. The summed E-state index contributed by atoms with van der Waals surface area (Å²) in [5, 5.41) is 0. The lowest BCUT2D eigenvalue weighted by Gasteiger charge is -2.25. The summed E-state index contributed by atoms with van der Waals surface area (Å²) < 4.78 is 0. The van der Waals surface area contributed by atoms with Crippen LogP contribution in [0.4, 0.5) is 0 Å².